The van der Waals surface area contributed by atoms with E-state index in [1.165, 1.54) is 22.0 Å². The molecule has 0 aromatic heterocycles. The van der Waals surface area contributed by atoms with Crippen molar-refractivity contribution in [2.45, 2.75) is 25.2 Å². The molecule has 0 saturated heterocycles. The van der Waals surface area contributed by atoms with Crippen molar-refractivity contribution in [3.8, 4) is 5.75 Å². The van der Waals surface area contributed by atoms with Gasteiger partial charge in [-0.05, 0) is 58.5 Å². The molecule has 1 aromatic rings. The lowest BCUT2D eigenvalue weighted by atomic mass is 9.98. The predicted molar refractivity (Wildman–Crippen MR) is 67.3 cm³/mol. The van der Waals surface area contributed by atoms with Crippen LogP contribution in [0.2, 0.25) is 5.02 Å². The molecule has 1 aromatic carbocycles. The van der Waals surface area contributed by atoms with Crippen molar-refractivity contribution in [1.29, 1.82) is 0 Å². The molecule has 1 aliphatic rings. The molecular weight excluding hydrogens is 310 g/mol. The number of hydrogen-bond donors (Lipinski definition) is 0. The molecule has 0 heterocycles. The Morgan fingerprint density at radius 2 is 2.07 bits per heavy atom. The first-order chi connectivity index (χ1) is 6.57. The molecule has 0 atom stereocenters. The molecule has 0 amide bonds. The van der Waals surface area contributed by atoms with E-state index < -0.39 is 0 Å². The summed E-state index contributed by atoms with van der Waals surface area (Å²) in [5.41, 5.74) is 1.73. The van der Waals surface area contributed by atoms with Gasteiger partial charge in [0.2, 0.25) is 0 Å². The molecule has 0 N–H and O–H groups in total. The summed E-state index contributed by atoms with van der Waals surface area (Å²) in [6, 6.07) is 4.07. The van der Waals surface area contributed by atoms with E-state index in [0.717, 1.165) is 10.8 Å². The molecular formula is C11H12ClIO. The summed E-state index contributed by atoms with van der Waals surface area (Å²) in [4.78, 5) is 0. The van der Waals surface area contributed by atoms with Crippen LogP contribution < -0.4 is 4.74 Å². The highest BCUT2D eigenvalue weighted by atomic mass is 127. The molecule has 0 aliphatic heterocycles. The molecule has 0 unspecified atom stereocenters. The van der Waals surface area contributed by atoms with Crippen molar-refractivity contribution in [2.75, 3.05) is 7.11 Å². The van der Waals surface area contributed by atoms with Gasteiger partial charge in [0.1, 0.15) is 5.75 Å². The fourth-order valence-electron chi connectivity index (χ4n) is 1.60. The Balaban J connectivity index is 2.48. The van der Waals surface area contributed by atoms with Gasteiger partial charge in [0.05, 0.1) is 12.1 Å². The number of methoxy groups -OCH3 is 1. The summed E-state index contributed by atoms with van der Waals surface area (Å²) in [6.45, 7) is 2.29. The lowest BCUT2D eigenvalue weighted by Gasteiger charge is -2.14. The molecule has 76 valence electrons. The summed E-state index contributed by atoms with van der Waals surface area (Å²) < 4.78 is 6.43. The third-order valence-corrected chi connectivity index (χ3v) is 4.08. The van der Waals surface area contributed by atoms with Crippen molar-refractivity contribution in [1.82, 2.24) is 0 Å². The average Bonchev–Trinajstić information content (AvgIpc) is 2.88. The van der Waals surface area contributed by atoms with Crippen LogP contribution in [0.5, 0.6) is 5.75 Å². The first kappa shape index (κ1) is 10.6. The second-order valence-electron chi connectivity index (χ2n) is 4.03. The van der Waals surface area contributed by atoms with Gasteiger partial charge in [-0.3, -0.25) is 0 Å². The quantitative estimate of drug-likeness (QED) is 0.748. The Labute approximate surface area is 103 Å². The minimum absolute atomic E-state index is 0.367. The van der Waals surface area contributed by atoms with E-state index in [1.54, 1.807) is 7.11 Å². The van der Waals surface area contributed by atoms with Crippen LogP contribution in [0.3, 0.4) is 0 Å². The molecule has 0 bridgehead atoms. The van der Waals surface area contributed by atoms with Crippen molar-refractivity contribution in [2.24, 2.45) is 0 Å². The molecule has 0 spiro atoms. The predicted octanol–water partition coefficient (Wildman–Crippen LogP) is 4.00. The number of ether oxygens (including phenoxy) is 1. The number of hydrogen-bond acceptors (Lipinski definition) is 1. The lowest BCUT2D eigenvalue weighted by molar-refractivity contribution is 0.414. The van der Waals surface area contributed by atoms with Crippen molar-refractivity contribution in [3.05, 3.63) is 26.3 Å². The highest BCUT2D eigenvalue weighted by Crippen LogP contribution is 2.50. The smallest absolute Gasteiger partial charge is 0.138 e. The molecule has 3 heteroatoms. The maximum atomic E-state index is 6.11. The molecule has 0 radical (unpaired) electrons. The van der Waals surface area contributed by atoms with E-state index in [-0.39, 0.29) is 0 Å². The first-order valence-corrected chi connectivity index (χ1v) is 6.06. The minimum atomic E-state index is 0.367. The van der Waals surface area contributed by atoms with Crippen molar-refractivity contribution in [3.63, 3.8) is 0 Å². The standard InChI is InChI=1S/C11H12ClIO/c1-11(3-4-11)7-5-8(12)10(14-2)6-9(7)13/h5-6H,3-4H2,1-2H3. The monoisotopic (exact) mass is 322 g/mol. The average molecular weight is 323 g/mol. The van der Waals surface area contributed by atoms with Gasteiger partial charge in [-0.2, -0.15) is 0 Å². The Bertz CT molecular complexity index is 372. The van der Waals surface area contributed by atoms with Crippen LogP contribution in [0.25, 0.3) is 0 Å². The van der Waals surface area contributed by atoms with Crippen LogP contribution in [0.4, 0.5) is 0 Å². The van der Waals surface area contributed by atoms with E-state index in [1.807, 2.05) is 6.07 Å². The zero-order valence-corrected chi connectivity index (χ0v) is 11.1. The number of rotatable bonds is 2. The third-order valence-electron chi connectivity index (χ3n) is 2.89. The van der Waals surface area contributed by atoms with E-state index in [2.05, 4.69) is 35.6 Å². The minimum Gasteiger partial charge on any atom is -0.495 e. The van der Waals surface area contributed by atoms with E-state index in [0.29, 0.717) is 5.41 Å². The van der Waals surface area contributed by atoms with E-state index in [4.69, 9.17) is 16.3 Å². The molecule has 1 saturated carbocycles. The summed E-state index contributed by atoms with van der Waals surface area (Å²) >= 11 is 8.46. The largest absolute Gasteiger partial charge is 0.495 e. The van der Waals surface area contributed by atoms with Crippen LogP contribution in [0, 0.1) is 3.57 Å². The molecule has 1 nitrogen and oxygen atoms in total. The Hall–Kier alpha value is 0.0400. The molecule has 1 fully saturated rings. The Kier molecular flexibility index (Phi) is 2.68. The molecule has 2 rings (SSSR count). The topological polar surface area (TPSA) is 9.23 Å². The van der Waals surface area contributed by atoms with Crippen LogP contribution >= 0.6 is 34.2 Å². The summed E-state index contributed by atoms with van der Waals surface area (Å²) in [7, 11) is 1.65. The van der Waals surface area contributed by atoms with Gasteiger partial charge in [-0.15, -0.1) is 0 Å². The van der Waals surface area contributed by atoms with Crippen LogP contribution in [-0.2, 0) is 5.41 Å². The summed E-state index contributed by atoms with van der Waals surface area (Å²) in [6.07, 6.45) is 2.54. The summed E-state index contributed by atoms with van der Waals surface area (Å²) in [5, 5.41) is 0.719. The van der Waals surface area contributed by atoms with Gasteiger partial charge < -0.3 is 4.74 Å². The SMILES string of the molecule is COc1cc(I)c(C2(C)CC2)cc1Cl. The van der Waals surface area contributed by atoms with Gasteiger partial charge in [0.15, 0.2) is 0 Å². The van der Waals surface area contributed by atoms with Crippen molar-refractivity contribution < 1.29 is 4.74 Å². The molecule has 1 aliphatic carbocycles. The van der Waals surface area contributed by atoms with Gasteiger partial charge >= 0.3 is 0 Å². The van der Waals surface area contributed by atoms with Crippen molar-refractivity contribution >= 4 is 34.2 Å². The van der Waals surface area contributed by atoms with E-state index >= 15 is 0 Å². The normalized spacial score (nSPS) is 18.0. The maximum absolute atomic E-state index is 6.11. The van der Waals surface area contributed by atoms with Gasteiger partial charge in [0, 0.05) is 3.57 Å². The highest BCUT2D eigenvalue weighted by Gasteiger charge is 2.40. The van der Waals surface area contributed by atoms with Gasteiger partial charge in [0.25, 0.3) is 0 Å². The molecule has 14 heavy (non-hydrogen) atoms. The fraction of sp³-hybridized carbons (Fsp3) is 0.455. The second kappa shape index (κ2) is 3.56. The summed E-state index contributed by atoms with van der Waals surface area (Å²) in [5.74, 6) is 0.768. The van der Waals surface area contributed by atoms with Crippen LogP contribution in [0.15, 0.2) is 12.1 Å². The lowest BCUT2D eigenvalue weighted by Crippen LogP contribution is -2.03. The zero-order valence-electron chi connectivity index (χ0n) is 8.23. The third kappa shape index (κ3) is 1.74. The first-order valence-electron chi connectivity index (χ1n) is 4.60. The fourth-order valence-corrected chi connectivity index (χ4v) is 2.93. The second-order valence-corrected chi connectivity index (χ2v) is 5.60. The number of halogens is 2. The Morgan fingerprint density at radius 3 is 2.57 bits per heavy atom. The number of benzene rings is 1. The highest BCUT2D eigenvalue weighted by molar-refractivity contribution is 14.1. The van der Waals surface area contributed by atoms with E-state index in [9.17, 15) is 0 Å². The van der Waals surface area contributed by atoms with Gasteiger partial charge in [-0.1, -0.05) is 18.5 Å². The van der Waals surface area contributed by atoms with Crippen LogP contribution in [0.1, 0.15) is 25.3 Å². The van der Waals surface area contributed by atoms with Gasteiger partial charge in [-0.25, -0.2) is 0 Å². The maximum Gasteiger partial charge on any atom is 0.138 e. The zero-order chi connectivity index (χ0) is 10.3. The van der Waals surface area contributed by atoms with Crippen LogP contribution in [-0.4, -0.2) is 7.11 Å². The Morgan fingerprint density at radius 1 is 1.43 bits per heavy atom.